The van der Waals surface area contributed by atoms with Crippen LogP contribution >= 0.6 is 0 Å². The fourth-order valence-corrected chi connectivity index (χ4v) is 1.93. The van der Waals surface area contributed by atoms with Crippen molar-refractivity contribution in [3.05, 3.63) is 0 Å². The Hall–Kier alpha value is -0.650. The largest absolute Gasteiger partial charge is 0.383 e. The number of carbonyl (C=O) groups is 1. The lowest BCUT2D eigenvalue weighted by atomic mass is 10.1. The van der Waals surface area contributed by atoms with E-state index in [1.54, 1.807) is 7.11 Å². The molecule has 0 aromatic rings. The molecule has 1 heterocycles. The lowest BCUT2D eigenvalue weighted by Gasteiger charge is -2.30. The van der Waals surface area contributed by atoms with Crippen LogP contribution in [0.25, 0.3) is 0 Å². The molecular formula is C11H23N3O2. The van der Waals surface area contributed by atoms with Gasteiger partial charge in [-0.2, -0.15) is 0 Å². The second-order valence-corrected chi connectivity index (χ2v) is 4.33. The minimum absolute atomic E-state index is 0.0466. The Morgan fingerprint density at radius 1 is 1.56 bits per heavy atom. The molecule has 1 amide bonds. The summed E-state index contributed by atoms with van der Waals surface area (Å²) >= 11 is 0. The highest BCUT2D eigenvalue weighted by Gasteiger charge is 2.16. The highest BCUT2D eigenvalue weighted by atomic mass is 16.5. The molecule has 0 aromatic carbocycles. The van der Waals surface area contributed by atoms with Gasteiger partial charge in [-0.05, 0) is 26.4 Å². The molecule has 1 fully saturated rings. The van der Waals surface area contributed by atoms with Crippen LogP contribution in [0.4, 0.5) is 0 Å². The molecule has 0 spiro atoms. The molecule has 1 saturated heterocycles. The van der Waals surface area contributed by atoms with Gasteiger partial charge in [0, 0.05) is 26.2 Å². The first-order chi connectivity index (χ1) is 7.72. The van der Waals surface area contributed by atoms with Gasteiger partial charge < -0.3 is 20.3 Å². The predicted octanol–water partition coefficient (Wildman–Crippen LogP) is -0.567. The van der Waals surface area contributed by atoms with Gasteiger partial charge in [-0.25, -0.2) is 0 Å². The highest BCUT2D eigenvalue weighted by molar-refractivity contribution is 5.77. The van der Waals surface area contributed by atoms with Crippen molar-refractivity contribution < 1.29 is 9.53 Å². The summed E-state index contributed by atoms with van der Waals surface area (Å²) in [6.45, 7) is 3.76. The smallest absolute Gasteiger partial charge is 0.234 e. The van der Waals surface area contributed by atoms with Gasteiger partial charge in [-0.1, -0.05) is 0 Å². The van der Waals surface area contributed by atoms with Gasteiger partial charge in [0.25, 0.3) is 0 Å². The van der Waals surface area contributed by atoms with Crippen LogP contribution in [0.2, 0.25) is 0 Å². The van der Waals surface area contributed by atoms with E-state index in [0.29, 0.717) is 25.7 Å². The number of nitrogens with zero attached hydrogens (tertiary/aromatic N) is 1. The molecule has 0 saturated carbocycles. The van der Waals surface area contributed by atoms with Crippen LogP contribution in [0.5, 0.6) is 0 Å². The lowest BCUT2D eigenvalue weighted by molar-refractivity contribution is -0.120. The first-order valence-electron chi connectivity index (χ1n) is 5.90. The van der Waals surface area contributed by atoms with Gasteiger partial charge in [0.1, 0.15) is 0 Å². The maximum atomic E-state index is 11.4. The number of rotatable bonds is 6. The van der Waals surface area contributed by atoms with Gasteiger partial charge >= 0.3 is 0 Å². The number of hydrogen-bond donors (Lipinski definition) is 2. The molecule has 1 rings (SSSR count). The molecular weight excluding hydrogens is 206 g/mol. The van der Waals surface area contributed by atoms with Crippen LogP contribution < -0.4 is 10.6 Å². The summed E-state index contributed by atoms with van der Waals surface area (Å²) < 4.78 is 4.86. The Balaban J connectivity index is 2.06. The van der Waals surface area contributed by atoms with E-state index in [0.717, 1.165) is 19.5 Å². The molecule has 1 aliphatic heterocycles. The summed E-state index contributed by atoms with van der Waals surface area (Å²) in [5.41, 5.74) is 0. The lowest BCUT2D eigenvalue weighted by Crippen LogP contribution is -2.47. The summed E-state index contributed by atoms with van der Waals surface area (Å²) in [6, 6.07) is 0.451. The van der Waals surface area contributed by atoms with E-state index >= 15 is 0 Å². The predicted molar refractivity (Wildman–Crippen MR) is 63.4 cm³/mol. The van der Waals surface area contributed by atoms with Gasteiger partial charge in [0.05, 0.1) is 13.2 Å². The Morgan fingerprint density at radius 2 is 2.38 bits per heavy atom. The zero-order valence-electron chi connectivity index (χ0n) is 10.3. The van der Waals surface area contributed by atoms with Crippen molar-refractivity contribution in [1.82, 2.24) is 15.5 Å². The third kappa shape index (κ3) is 5.44. The number of piperidine rings is 1. The molecule has 2 N–H and O–H groups in total. The highest BCUT2D eigenvalue weighted by Crippen LogP contribution is 2.07. The van der Waals surface area contributed by atoms with Crippen molar-refractivity contribution >= 4 is 5.91 Å². The van der Waals surface area contributed by atoms with Crippen LogP contribution in [0.15, 0.2) is 0 Å². The Labute approximate surface area is 97.5 Å². The second kappa shape index (κ2) is 7.60. The molecule has 1 unspecified atom stereocenters. The number of ether oxygens (including phenoxy) is 1. The van der Waals surface area contributed by atoms with Crippen molar-refractivity contribution in [2.45, 2.75) is 18.9 Å². The summed E-state index contributed by atoms with van der Waals surface area (Å²) in [5.74, 6) is 0.0466. The van der Waals surface area contributed by atoms with Crippen molar-refractivity contribution in [3.63, 3.8) is 0 Å². The first-order valence-corrected chi connectivity index (χ1v) is 5.90. The fraction of sp³-hybridized carbons (Fsp3) is 0.909. The van der Waals surface area contributed by atoms with Crippen molar-refractivity contribution in [1.29, 1.82) is 0 Å². The van der Waals surface area contributed by atoms with Gasteiger partial charge in [-0.15, -0.1) is 0 Å². The van der Waals surface area contributed by atoms with Crippen LogP contribution in [0.3, 0.4) is 0 Å². The Bertz CT molecular complexity index is 211. The third-order valence-electron chi connectivity index (χ3n) is 2.80. The molecule has 5 heteroatoms. The van der Waals surface area contributed by atoms with E-state index in [1.165, 1.54) is 6.42 Å². The van der Waals surface area contributed by atoms with Crippen molar-refractivity contribution in [2.24, 2.45) is 0 Å². The Morgan fingerprint density at radius 3 is 3.06 bits per heavy atom. The topological polar surface area (TPSA) is 53.6 Å². The summed E-state index contributed by atoms with van der Waals surface area (Å²) in [6.07, 6.45) is 2.37. The van der Waals surface area contributed by atoms with Gasteiger partial charge in [-0.3, -0.25) is 4.79 Å². The third-order valence-corrected chi connectivity index (χ3v) is 2.80. The van der Waals surface area contributed by atoms with Crippen molar-refractivity contribution in [3.8, 4) is 0 Å². The number of methoxy groups -OCH3 is 1. The monoisotopic (exact) mass is 229 g/mol. The molecule has 94 valence electrons. The van der Waals surface area contributed by atoms with Crippen molar-refractivity contribution in [2.75, 3.05) is 46.9 Å². The average molecular weight is 229 g/mol. The van der Waals surface area contributed by atoms with E-state index in [9.17, 15) is 4.79 Å². The number of hydrogen-bond acceptors (Lipinski definition) is 4. The minimum Gasteiger partial charge on any atom is -0.383 e. The number of likely N-dealkylation sites (tertiary alicyclic amines) is 1. The number of nitrogens with one attached hydrogen (secondary N) is 2. The van der Waals surface area contributed by atoms with Crippen LogP contribution in [0, 0.1) is 0 Å². The molecule has 0 radical (unpaired) electrons. The van der Waals surface area contributed by atoms with E-state index < -0.39 is 0 Å². The molecule has 0 aromatic heterocycles. The number of carbonyl (C=O) groups excluding carboxylic acids is 1. The summed E-state index contributed by atoms with van der Waals surface area (Å²) in [5, 5.41) is 6.08. The standard InChI is InChI=1S/C11H23N3O2/c1-14-6-3-4-10(9-14)13-8-11(15)12-5-7-16-2/h10,13H,3-9H2,1-2H3,(H,12,15). The van der Waals surface area contributed by atoms with E-state index in [2.05, 4.69) is 22.6 Å². The maximum Gasteiger partial charge on any atom is 0.234 e. The average Bonchev–Trinajstić information content (AvgIpc) is 2.27. The number of amides is 1. The number of likely N-dealkylation sites (N-methyl/N-ethyl adjacent to an activating group) is 1. The van der Waals surface area contributed by atoms with Crippen LogP contribution in [0.1, 0.15) is 12.8 Å². The molecule has 0 bridgehead atoms. The minimum atomic E-state index is 0.0466. The molecule has 16 heavy (non-hydrogen) atoms. The maximum absolute atomic E-state index is 11.4. The van der Waals surface area contributed by atoms with Gasteiger partial charge in [0.15, 0.2) is 0 Å². The second-order valence-electron chi connectivity index (χ2n) is 4.33. The SMILES string of the molecule is COCCNC(=O)CNC1CCCN(C)C1. The van der Waals surface area contributed by atoms with E-state index in [-0.39, 0.29) is 5.91 Å². The molecule has 1 aliphatic rings. The first kappa shape index (κ1) is 13.4. The fourth-order valence-electron chi connectivity index (χ4n) is 1.93. The van der Waals surface area contributed by atoms with Crippen LogP contribution in [-0.4, -0.2) is 63.8 Å². The summed E-state index contributed by atoms with van der Waals surface area (Å²) in [7, 11) is 3.74. The Kier molecular flexibility index (Phi) is 6.37. The zero-order chi connectivity index (χ0) is 11.8. The zero-order valence-corrected chi connectivity index (χ0v) is 10.3. The van der Waals surface area contributed by atoms with E-state index in [4.69, 9.17) is 4.74 Å². The molecule has 5 nitrogen and oxygen atoms in total. The quantitative estimate of drug-likeness (QED) is 0.599. The molecule has 0 aliphatic carbocycles. The normalized spacial score (nSPS) is 22.0. The van der Waals surface area contributed by atoms with Gasteiger partial charge in [0.2, 0.25) is 5.91 Å². The molecule has 1 atom stereocenters. The van der Waals surface area contributed by atoms with Crippen LogP contribution in [-0.2, 0) is 9.53 Å². The summed E-state index contributed by atoms with van der Waals surface area (Å²) in [4.78, 5) is 13.7. The van der Waals surface area contributed by atoms with E-state index in [1.807, 2.05) is 0 Å².